The highest BCUT2D eigenvalue weighted by Crippen LogP contribution is 2.55. The summed E-state index contributed by atoms with van der Waals surface area (Å²) in [7, 11) is 0. The second-order valence-electron chi connectivity index (χ2n) is 9.02. The summed E-state index contributed by atoms with van der Waals surface area (Å²) in [5.41, 5.74) is 1.10. The summed E-state index contributed by atoms with van der Waals surface area (Å²) in [6.45, 7) is 3.97. The van der Waals surface area contributed by atoms with Gasteiger partial charge in [-0.2, -0.15) is 5.26 Å². The fourth-order valence-electron chi connectivity index (χ4n) is 5.55. The zero-order valence-electron chi connectivity index (χ0n) is 17.1. The lowest BCUT2D eigenvalue weighted by Gasteiger charge is -2.61. The lowest BCUT2D eigenvalue weighted by atomic mass is 9.64. The number of amides is 2. The summed E-state index contributed by atoms with van der Waals surface area (Å²) >= 11 is 6.40. The number of likely N-dealkylation sites (tertiary alicyclic amines) is 1. The first kappa shape index (κ1) is 19.4. The molecule has 3 aliphatic rings. The van der Waals surface area contributed by atoms with Crippen LogP contribution in [0.2, 0.25) is 5.02 Å². The standard InChI is InChI=1S/C22H24ClN5O2/c1-12-7-16-10-22(9-12,20-27-26-13(2)30-20)28(16)21(29)25-15-4-6-19(23)18(8-15)17-5-3-14(17)11-24/h4,6,8,12,14,16-17H,3,5,7,9-10H2,1-2H3,(H,25,29)/t12-,14+,16+,17+,22?/m0/s1. The van der Waals surface area contributed by atoms with Gasteiger partial charge in [0.15, 0.2) is 0 Å². The third kappa shape index (κ3) is 2.89. The fraction of sp³-hybridized carbons (Fsp3) is 0.545. The van der Waals surface area contributed by atoms with E-state index >= 15 is 0 Å². The molecule has 1 aromatic carbocycles. The predicted molar refractivity (Wildman–Crippen MR) is 111 cm³/mol. The number of carbonyl (C=O) groups is 1. The van der Waals surface area contributed by atoms with Gasteiger partial charge in [0.2, 0.25) is 11.8 Å². The summed E-state index contributed by atoms with van der Waals surface area (Å²) in [5, 5.41) is 21.2. The number of nitriles is 1. The van der Waals surface area contributed by atoms with Gasteiger partial charge in [-0.3, -0.25) is 0 Å². The number of aromatic nitrogens is 2. The van der Waals surface area contributed by atoms with Crippen molar-refractivity contribution in [1.82, 2.24) is 15.1 Å². The average molecular weight is 426 g/mol. The summed E-state index contributed by atoms with van der Waals surface area (Å²) in [5.74, 6) is 1.66. The first-order valence-electron chi connectivity index (χ1n) is 10.5. The summed E-state index contributed by atoms with van der Waals surface area (Å²) in [6, 6.07) is 7.89. The maximum atomic E-state index is 13.3. The zero-order chi connectivity index (χ0) is 21.0. The van der Waals surface area contributed by atoms with Crippen LogP contribution in [0, 0.1) is 30.1 Å². The smallest absolute Gasteiger partial charge is 0.322 e. The molecule has 2 saturated carbocycles. The Morgan fingerprint density at radius 3 is 2.87 bits per heavy atom. The molecule has 2 bridgehead atoms. The number of carbonyl (C=O) groups excluding carboxylic acids is 1. The maximum Gasteiger partial charge on any atom is 0.322 e. The average Bonchev–Trinajstić information content (AvgIpc) is 3.10. The Morgan fingerprint density at radius 1 is 1.37 bits per heavy atom. The number of fused-ring (bicyclic) bond motifs is 2. The van der Waals surface area contributed by atoms with Crippen LogP contribution in [0.1, 0.15) is 62.3 Å². The molecule has 5 rings (SSSR count). The van der Waals surface area contributed by atoms with Gasteiger partial charge in [-0.15, -0.1) is 10.2 Å². The molecule has 7 nitrogen and oxygen atoms in total. The van der Waals surface area contributed by atoms with Crippen LogP contribution in [-0.2, 0) is 5.54 Å². The molecule has 0 spiro atoms. The van der Waals surface area contributed by atoms with Crippen LogP contribution in [0.4, 0.5) is 10.5 Å². The molecule has 2 heterocycles. The van der Waals surface area contributed by atoms with E-state index in [-0.39, 0.29) is 23.9 Å². The van der Waals surface area contributed by atoms with E-state index in [1.54, 1.807) is 13.0 Å². The summed E-state index contributed by atoms with van der Waals surface area (Å²) in [4.78, 5) is 15.2. The molecule has 2 amide bonds. The van der Waals surface area contributed by atoms with E-state index in [0.717, 1.165) is 37.7 Å². The Labute approximate surface area is 180 Å². The van der Waals surface area contributed by atoms with E-state index in [1.165, 1.54) is 0 Å². The van der Waals surface area contributed by atoms with E-state index < -0.39 is 5.54 Å². The number of halogens is 1. The molecule has 5 atom stereocenters. The summed E-state index contributed by atoms with van der Waals surface area (Å²) in [6.07, 6.45) is 4.48. The van der Waals surface area contributed by atoms with Crippen LogP contribution in [0.15, 0.2) is 22.6 Å². The molecule has 2 aromatic rings. The third-order valence-corrected chi connectivity index (χ3v) is 7.33. The quantitative estimate of drug-likeness (QED) is 0.748. The van der Waals surface area contributed by atoms with Crippen molar-refractivity contribution in [3.63, 3.8) is 0 Å². The van der Waals surface area contributed by atoms with Crippen molar-refractivity contribution >= 4 is 23.3 Å². The van der Waals surface area contributed by atoms with Gasteiger partial charge in [0.05, 0.1) is 12.0 Å². The molecule has 1 saturated heterocycles. The fourth-order valence-corrected chi connectivity index (χ4v) is 5.81. The van der Waals surface area contributed by atoms with Crippen molar-refractivity contribution < 1.29 is 9.21 Å². The Bertz CT molecular complexity index is 1050. The number of nitrogens with one attached hydrogen (secondary N) is 1. The molecule has 2 aliphatic carbocycles. The molecular formula is C22H24ClN5O2. The second-order valence-corrected chi connectivity index (χ2v) is 9.42. The van der Waals surface area contributed by atoms with Gasteiger partial charge < -0.3 is 14.6 Å². The predicted octanol–water partition coefficient (Wildman–Crippen LogP) is 4.98. The SMILES string of the molecule is Cc1nnc(C23C[C@@H](C)C[C@H](C2)N3C(=O)Nc2ccc(Cl)c([C@@H]3CC[C@@H]3C#N)c2)o1. The minimum atomic E-state index is -0.525. The largest absolute Gasteiger partial charge is 0.423 e. The highest BCUT2D eigenvalue weighted by molar-refractivity contribution is 6.31. The van der Waals surface area contributed by atoms with Crippen molar-refractivity contribution in [3.8, 4) is 6.07 Å². The van der Waals surface area contributed by atoms with Gasteiger partial charge in [-0.1, -0.05) is 18.5 Å². The topological polar surface area (TPSA) is 95.0 Å². The molecule has 1 N–H and O–H groups in total. The van der Waals surface area contributed by atoms with E-state index in [1.807, 2.05) is 17.0 Å². The molecule has 3 fully saturated rings. The van der Waals surface area contributed by atoms with Gasteiger partial charge in [-0.25, -0.2) is 4.79 Å². The van der Waals surface area contributed by atoms with Crippen molar-refractivity contribution in [3.05, 3.63) is 40.6 Å². The van der Waals surface area contributed by atoms with Crippen LogP contribution >= 0.6 is 11.6 Å². The maximum absolute atomic E-state index is 13.3. The minimum absolute atomic E-state index is 0.00582. The molecule has 1 unspecified atom stereocenters. The zero-order valence-corrected chi connectivity index (χ0v) is 17.8. The monoisotopic (exact) mass is 425 g/mol. The third-order valence-electron chi connectivity index (χ3n) is 6.99. The van der Waals surface area contributed by atoms with Crippen molar-refractivity contribution in [2.24, 2.45) is 11.8 Å². The van der Waals surface area contributed by atoms with Crippen LogP contribution < -0.4 is 5.32 Å². The van der Waals surface area contributed by atoms with E-state index in [4.69, 9.17) is 16.0 Å². The highest BCUT2D eigenvalue weighted by Gasteiger charge is 2.62. The molecule has 1 aliphatic heterocycles. The molecule has 1 aromatic heterocycles. The van der Waals surface area contributed by atoms with E-state index in [2.05, 4.69) is 28.5 Å². The van der Waals surface area contributed by atoms with E-state index in [0.29, 0.717) is 28.4 Å². The molecule has 30 heavy (non-hydrogen) atoms. The van der Waals surface area contributed by atoms with Crippen LogP contribution in [0.3, 0.4) is 0 Å². The number of piperidine rings is 1. The normalized spacial score (nSPS) is 32.0. The number of anilines is 1. The number of rotatable bonds is 3. The van der Waals surface area contributed by atoms with Crippen molar-refractivity contribution in [2.45, 2.75) is 63.5 Å². The van der Waals surface area contributed by atoms with E-state index in [9.17, 15) is 10.1 Å². The molecule has 156 valence electrons. The van der Waals surface area contributed by atoms with Gasteiger partial charge in [0, 0.05) is 36.0 Å². The summed E-state index contributed by atoms with van der Waals surface area (Å²) < 4.78 is 5.76. The Morgan fingerprint density at radius 2 is 2.20 bits per heavy atom. The molecule has 0 radical (unpaired) electrons. The van der Waals surface area contributed by atoms with Gasteiger partial charge in [0.25, 0.3) is 0 Å². The second kappa shape index (κ2) is 6.98. The first-order valence-corrected chi connectivity index (χ1v) is 10.9. The highest BCUT2D eigenvalue weighted by atomic mass is 35.5. The van der Waals surface area contributed by atoms with Crippen LogP contribution in [-0.4, -0.2) is 27.2 Å². The lowest BCUT2D eigenvalue weighted by Crippen LogP contribution is -2.70. The van der Waals surface area contributed by atoms with Gasteiger partial charge in [0.1, 0.15) is 5.54 Å². The number of hydrogen-bond acceptors (Lipinski definition) is 5. The molecular weight excluding hydrogens is 402 g/mol. The number of urea groups is 1. The van der Waals surface area contributed by atoms with Crippen LogP contribution in [0.25, 0.3) is 0 Å². The Kier molecular flexibility index (Phi) is 4.51. The number of aryl methyl sites for hydroxylation is 1. The van der Waals surface area contributed by atoms with Gasteiger partial charge >= 0.3 is 6.03 Å². The lowest BCUT2D eigenvalue weighted by molar-refractivity contribution is -0.110. The van der Waals surface area contributed by atoms with Crippen molar-refractivity contribution in [1.29, 1.82) is 5.26 Å². The van der Waals surface area contributed by atoms with Gasteiger partial charge in [-0.05, 0) is 55.4 Å². The number of hydrogen-bond donors (Lipinski definition) is 1. The Hall–Kier alpha value is -2.59. The van der Waals surface area contributed by atoms with Crippen molar-refractivity contribution in [2.75, 3.05) is 5.32 Å². The number of benzene rings is 1. The Balaban J connectivity index is 1.40. The first-order chi connectivity index (χ1) is 14.4. The molecule has 8 heteroatoms. The van der Waals surface area contributed by atoms with Crippen LogP contribution in [0.5, 0.6) is 0 Å². The number of nitrogens with zero attached hydrogens (tertiary/aromatic N) is 4. The minimum Gasteiger partial charge on any atom is -0.423 e.